The molecule has 2 rings (SSSR count). The van der Waals surface area contributed by atoms with Crippen molar-refractivity contribution in [2.45, 2.75) is 25.3 Å². The van der Waals surface area contributed by atoms with Gasteiger partial charge in [0.2, 0.25) is 0 Å². The molecule has 1 atom stereocenters. The van der Waals surface area contributed by atoms with E-state index in [1.54, 1.807) is 11.3 Å². The summed E-state index contributed by atoms with van der Waals surface area (Å²) in [5.41, 5.74) is 2.77. The van der Waals surface area contributed by atoms with Crippen LogP contribution in [0.5, 0.6) is 0 Å². The summed E-state index contributed by atoms with van der Waals surface area (Å²) >= 11 is 1.74. The molecule has 0 saturated heterocycles. The normalized spacial score (nSPS) is 14.8. The van der Waals surface area contributed by atoms with Gasteiger partial charge < -0.3 is 0 Å². The number of hydrogen-bond acceptors (Lipinski definition) is 2. The lowest BCUT2D eigenvalue weighted by molar-refractivity contribution is 0.148. The summed E-state index contributed by atoms with van der Waals surface area (Å²) in [5.74, 6) is 0. The van der Waals surface area contributed by atoms with E-state index < -0.39 is 0 Å². The lowest BCUT2D eigenvalue weighted by Gasteiger charge is -2.39. The fourth-order valence-corrected chi connectivity index (χ4v) is 3.36. The highest BCUT2D eigenvalue weighted by Crippen LogP contribution is 2.34. The van der Waals surface area contributed by atoms with Gasteiger partial charge in [0, 0.05) is 5.54 Å². The Morgan fingerprint density at radius 2 is 1.90 bits per heavy atom. The van der Waals surface area contributed by atoms with Gasteiger partial charge in [-0.05, 0) is 54.9 Å². The van der Waals surface area contributed by atoms with Gasteiger partial charge in [-0.1, -0.05) is 49.4 Å². The standard InChI is InChI=1S/C18H23NS/c1-4-18(19(2)3,17-10-6-5-7-11-17)13-8-9-16-12-14-20-15-16/h5-12,14-15H,4,13H2,1-3H3. The number of thiophene rings is 1. The minimum absolute atomic E-state index is 0.0772. The summed E-state index contributed by atoms with van der Waals surface area (Å²) in [6, 6.07) is 13.0. The Bertz CT molecular complexity index is 528. The first-order valence-corrected chi connectivity index (χ1v) is 8.05. The van der Waals surface area contributed by atoms with Gasteiger partial charge in [0.05, 0.1) is 0 Å². The van der Waals surface area contributed by atoms with Crippen molar-refractivity contribution < 1.29 is 0 Å². The Hall–Kier alpha value is -1.38. The third-order valence-corrected chi connectivity index (χ3v) is 4.76. The molecule has 1 aromatic heterocycles. The Kier molecular flexibility index (Phi) is 5.16. The van der Waals surface area contributed by atoms with Gasteiger partial charge in [0.1, 0.15) is 0 Å². The van der Waals surface area contributed by atoms with Gasteiger partial charge in [-0.25, -0.2) is 0 Å². The molecular formula is C18H23NS. The van der Waals surface area contributed by atoms with Crippen molar-refractivity contribution in [3.63, 3.8) is 0 Å². The summed E-state index contributed by atoms with van der Waals surface area (Å²) < 4.78 is 0. The van der Waals surface area contributed by atoms with E-state index in [9.17, 15) is 0 Å². The highest BCUT2D eigenvalue weighted by atomic mass is 32.1. The van der Waals surface area contributed by atoms with Crippen molar-refractivity contribution in [1.29, 1.82) is 0 Å². The SMILES string of the molecule is CCC(CC=Cc1ccsc1)(c1ccccc1)N(C)C. The fourth-order valence-electron chi connectivity index (χ4n) is 2.73. The molecular weight excluding hydrogens is 262 g/mol. The van der Waals surface area contributed by atoms with Crippen LogP contribution in [0, 0.1) is 0 Å². The van der Waals surface area contributed by atoms with Crippen molar-refractivity contribution in [2.24, 2.45) is 0 Å². The summed E-state index contributed by atoms with van der Waals surface area (Å²) in [6.07, 6.45) is 6.65. The van der Waals surface area contributed by atoms with E-state index in [2.05, 4.69) is 85.2 Å². The first-order valence-electron chi connectivity index (χ1n) is 7.11. The fraction of sp³-hybridized carbons (Fsp3) is 0.333. The van der Waals surface area contributed by atoms with E-state index in [0.29, 0.717) is 0 Å². The zero-order valence-electron chi connectivity index (χ0n) is 12.5. The highest BCUT2D eigenvalue weighted by molar-refractivity contribution is 7.08. The van der Waals surface area contributed by atoms with Gasteiger partial charge >= 0.3 is 0 Å². The molecule has 0 saturated carbocycles. The van der Waals surface area contributed by atoms with Crippen LogP contribution < -0.4 is 0 Å². The summed E-state index contributed by atoms with van der Waals surface area (Å²) in [5, 5.41) is 4.30. The molecule has 2 aromatic rings. The molecule has 0 aliphatic carbocycles. The van der Waals surface area contributed by atoms with Crippen LogP contribution in [0.1, 0.15) is 30.9 Å². The molecule has 1 heterocycles. The molecule has 1 aromatic carbocycles. The van der Waals surface area contributed by atoms with Crippen LogP contribution in [0.3, 0.4) is 0 Å². The maximum Gasteiger partial charge on any atom is 0.0486 e. The molecule has 0 amide bonds. The smallest absolute Gasteiger partial charge is 0.0486 e. The second-order valence-electron chi connectivity index (χ2n) is 5.31. The number of benzene rings is 1. The van der Waals surface area contributed by atoms with Gasteiger partial charge in [0.15, 0.2) is 0 Å². The monoisotopic (exact) mass is 285 g/mol. The molecule has 1 unspecified atom stereocenters. The van der Waals surface area contributed by atoms with Crippen molar-refractivity contribution in [3.8, 4) is 0 Å². The third-order valence-electron chi connectivity index (χ3n) is 4.06. The first kappa shape index (κ1) is 15.0. The topological polar surface area (TPSA) is 3.24 Å². The van der Waals surface area contributed by atoms with Gasteiger partial charge in [-0.2, -0.15) is 11.3 Å². The molecule has 1 nitrogen and oxygen atoms in total. The number of nitrogens with zero attached hydrogens (tertiary/aromatic N) is 1. The van der Waals surface area contributed by atoms with E-state index in [-0.39, 0.29) is 5.54 Å². The van der Waals surface area contributed by atoms with E-state index in [1.165, 1.54) is 11.1 Å². The van der Waals surface area contributed by atoms with Crippen LogP contribution in [-0.4, -0.2) is 19.0 Å². The highest BCUT2D eigenvalue weighted by Gasteiger charge is 2.31. The molecule has 0 aliphatic rings. The molecule has 106 valence electrons. The molecule has 0 spiro atoms. The van der Waals surface area contributed by atoms with E-state index >= 15 is 0 Å². The van der Waals surface area contributed by atoms with Crippen molar-refractivity contribution in [3.05, 3.63) is 64.4 Å². The summed E-state index contributed by atoms with van der Waals surface area (Å²) in [6.45, 7) is 2.27. The molecule has 0 bridgehead atoms. The second-order valence-corrected chi connectivity index (χ2v) is 6.09. The van der Waals surface area contributed by atoms with Gasteiger partial charge in [-0.15, -0.1) is 0 Å². The number of hydrogen-bond donors (Lipinski definition) is 0. The number of rotatable bonds is 6. The van der Waals surface area contributed by atoms with E-state index in [1.807, 2.05) is 0 Å². The first-order chi connectivity index (χ1) is 9.69. The largest absolute Gasteiger partial charge is 0.299 e. The Labute approximate surface area is 126 Å². The maximum absolute atomic E-state index is 2.35. The lowest BCUT2D eigenvalue weighted by Crippen LogP contribution is -2.40. The molecule has 0 N–H and O–H groups in total. The second kappa shape index (κ2) is 6.87. The van der Waals surface area contributed by atoms with E-state index in [0.717, 1.165) is 12.8 Å². The minimum Gasteiger partial charge on any atom is -0.299 e. The van der Waals surface area contributed by atoms with Gasteiger partial charge in [0.25, 0.3) is 0 Å². The molecule has 2 heteroatoms. The summed E-state index contributed by atoms with van der Waals surface area (Å²) in [4.78, 5) is 2.35. The van der Waals surface area contributed by atoms with Gasteiger partial charge in [-0.3, -0.25) is 4.90 Å². The van der Waals surface area contributed by atoms with Crippen LogP contribution in [0.4, 0.5) is 0 Å². The predicted octanol–water partition coefficient (Wildman–Crippen LogP) is 5.02. The van der Waals surface area contributed by atoms with Crippen LogP contribution in [0.25, 0.3) is 6.08 Å². The Morgan fingerprint density at radius 3 is 2.45 bits per heavy atom. The van der Waals surface area contributed by atoms with Crippen molar-refractivity contribution in [1.82, 2.24) is 4.90 Å². The third kappa shape index (κ3) is 3.20. The van der Waals surface area contributed by atoms with Crippen LogP contribution >= 0.6 is 11.3 Å². The zero-order valence-corrected chi connectivity index (χ0v) is 13.4. The van der Waals surface area contributed by atoms with E-state index in [4.69, 9.17) is 0 Å². The predicted molar refractivity (Wildman–Crippen MR) is 90.1 cm³/mol. The Balaban J connectivity index is 2.24. The minimum atomic E-state index is 0.0772. The van der Waals surface area contributed by atoms with Crippen molar-refractivity contribution in [2.75, 3.05) is 14.1 Å². The maximum atomic E-state index is 2.35. The summed E-state index contributed by atoms with van der Waals surface area (Å²) in [7, 11) is 4.35. The van der Waals surface area contributed by atoms with Crippen LogP contribution in [0.2, 0.25) is 0 Å². The molecule has 20 heavy (non-hydrogen) atoms. The molecule has 0 aliphatic heterocycles. The van der Waals surface area contributed by atoms with Crippen LogP contribution in [0.15, 0.2) is 53.2 Å². The zero-order chi connectivity index (χ0) is 14.4. The van der Waals surface area contributed by atoms with Crippen LogP contribution in [-0.2, 0) is 5.54 Å². The average Bonchev–Trinajstić information content (AvgIpc) is 2.97. The molecule has 0 fully saturated rings. The molecule has 0 radical (unpaired) electrons. The Morgan fingerprint density at radius 1 is 1.15 bits per heavy atom. The average molecular weight is 285 g/mol. The van der Waals surface area contributed by atoms with Crippen molar-refractivity contribution >= 4 is 17.4 Å². The quantitative estimate of drug-likeness (QED) is 0.720. The lowest BCUT2D eigenvalue weighted by atomic mass is 9.82.